The highest BCUT2D eigenvalue weighted by Crippen LogP contribution is 2.28. The third-order valence-electron chi connectivity index (χ3n) is 5.75. The Hall–Kier alpha value is -4.18. The molecule has 10 nitrogen and oxygen atoms in total. The van der Waals surface area contributed by atoms with Crippen molar-refractivity contribution in [3.8, 4) is 17.9 Å². The molecule has 182 valence electrons. The zero-order valence-electron chi connectivity index (χ0n) is 18.7. The molecule has 0 aliphatic carbocycles. The molecule has 2 aromatic heterocycles. The van der Waals surface area contributed by atoms with E-state index in [0.29, 0.717) is 18.8 Å². The Bertz CT molecular complexity index is 1580. The van der Waals surface area contributed by atoms with Crippen molar-refractivity contribution in [3.63, 3.8) is 0 Å². The zero-order chi connectivity index (χ0) is 25.3. The highest BCUT2D eigenvalue weighted by molar-refractivity contribution is 7.85. The van der Waals surface area contributed by atoms with Crippen LogP contribution in [0.4, 0.5) is 4.39 Å². The predicted octanol–water partition coefficient (Wildman–Crippen LogP) is 2.89. The molecule has 12 heteroatoms. The van der Waals surface area contributed by atoms with Gasteiger partial charge >= 0.3 is 6.01 Å². The second kappa shape index (κ2) is 9.46. The van der Waals surface area contributed by atoms with E-state index in [1.165, 1.54) is 30.5 Å². The van der Waals surface area contributed by atoms with Crippen LogP contribution in [0.5, 0.6) is 6.01 Å². The van der Waals surface area contributed by atoms with Gasteiger partial charge in [-0.25, -0.2) is 14.1 Å². The van der Waals surface area contributed by atoms with Crippen LogP contribution in [0.2, 0.25) is 0 Å². The lowest BCUT2D eigenvalue weighted by molar-refractivity contribution is 0.275. The van der Waals surface area contributed by atoms with Crippen molar-refractivity contribution in [2.24, 2.45) is 0 Å². The second-order valence-electron chi connectivity index (χ2n) is 8.14. The molecule has 0 amide bonds. The van der Waals surface area contributed by atoms with E-state index in [9.17, 15) is 12.8 Å². The van der Waals surface area contributed by atoms with Crippen LogP contribution in [0.15, 0.2) is 65.8 Å². The minimum Gasteiger partial charge on any atom is -0.458 e. The first-order valence-corrected chi connectivity index (χ1v) is 12.3. The van der Waals surface area contributed by atoms with E-state index in [-0.39, 0.29) is 34.7 Å². The number of rotatable bonds is 7. The molecular formula is C24H19FN6O4S. The molecule has 5 rings (SSSR count). The largest absolute Gasteiger partial charge is 0.458 e. The maximum absolute atomic E-state index is 14.1. The lowest BCUT2D eigenvalue weighted by Gasteiger charge is -2.11. The lowest BCUT2D eigenvalue weighted by atomic mass is 10.0. The van der Waals surface area contributed by atoms with Crippen LogP contribution >= 0.6 is 0 Å². The van der Waals surface area contributed by atoms with E-state index in [1.807, 2.05) is 12.3 Å². The van der Waals surface area contributed by atoms with E-state index < -0.39 is 15.9 Å². The van der Waals surface area contributed by atoms with Crippen LogP contribution in [-0.2, 0) is 29.7 Å². The van der Waals surface area contributed by atoms with E-state index in [2.05, 4.69) is 20.4 Å². The van der Waals surface area contributed by atoms with Crippen molar-refractivity contribution in [1.29, 1.82) is 5.26 Å². The van der Waals surface area contributed by atoms with Crippen LogP contribution in [0, 0.1) is 17.1 Å². The monoisotopic (exact) mass is 506 g/mol. The average Bonchev–Trinajstić information content (AvgIpc) is 3.45. The molecule has 0 radical (unpaired) electrons. The van der Waals surface area contributed by atoms with Gasteiger partial charge in [-0.3, -0.25) is 4.55 Å². The fraction of sp³-hybridized carbons (Fsp3) is 0.167. The number of nitrogens with zero attached hydrogens (tertiary/aromatic N) is 5. The summed E-state index contributed by atoms with van der Waals surface area (Å²) in [5.41, 5.74) is 3.23. The van der Waals surface area contributed by atoms with E-state index in [1.54, 1.807) is 22.9 Å². The Morgan fingerprint density at radius 3 is 2.75 bits per heavy atom. The summed E-state index contributed by atoms with van der Waals surface area (Å²) in [6.07, 6.45) is 3.95. The van der Waals surface area contributed by atoms with Crippen molar-refractivity contribution in [2.75, 3.05) is 0 Å². The predicted molar refractivity (Wildman–Crippen MR) is 124 cm³/mol. The smallest absolute Gasteiger partial charge is 0.318 e. The molecule has 1 atom stereocenters. The first-order valence-electron chi connectivity index (χ1n) is 10.8. The second-order valence-corrected chi connectivity index (χ2v) is 9.57. The third kappa shape index (κ3) is 4.94. The van der Waals surface area contributed by atoms with E-state index in [0.717, 1.165) is 22.9 Å². The molecule has 0 saturated carbocycles. The van der Waals surface area contributed by atoms with Gasteiger partial charge in [0, 0.05) is 36.1 Å². The summed E-state index contributed by atoms with van der Waals surface area (Å²) < 4.78 is 52.9. The van der Waals surface area contributed by atoms with Crippen molar-refractivity contribution in [3.05, 3.63) is 94.7 Å². The van der Waals surface area contributed by atoms with Gasteiger partial charge in [-0.2, -0.15) is 23.8 Å². The Labute approximate surface area is 205 Å². The minimum atomic E-state index is -4.24. The summed E-state index contributed by atoms with van der Waals surface area (Å²) in [6, 6.07) is 13.7. The van der Waals surface area contributed by atoms with Gasteiger partial charge < -0.3 is 10.1 Å². The van der Waals surface area contributed by atoms with Gasteiger partial charge in [-0.1, -0.05) is 18.2 Å². The number of nitrogens with one attached hydrogen (secondary N) is 1. The number of benzene rings is 2. The summed E-state index contributed by atoms with van der Waals surface area (Å²) in [5, 5.41) is 16.9. The maximum atomic E-state index is 14.1. The molecular weight excluding hydrogens is 487 g/mol. The number of fused-ring (bicyclic) bond motifs is 1. The summed E-state index contributed by atoms with van der Waals surface area (Å²) >= 11 is 0. The molecule has 1 aliphatic rings. The summed E-state index contributed by atoms with van der Waals surface area (Å²) in [7, 11) is -4.24. The van der Waals surface area contributed by atoms with Crippen LogP contribution in [0.25, 0.3) is 5.82 Å². The molecule has 36 heavy (non-hydrogen) atoms. The van der Waals surface area contributed by atoms with Crippen molar-refractivity contribution >= 4 is 10.1 Å². The number of hydrogen-bond donors (Lipinski definition) is 2. The van der Waals surface area contributed by atoms with Crippen molar-refractivity contribution in [2.45, 2.75) is 30.5 Å². The van der Waals surface area contributed by atoms with Crippen LogP contribution in [0.1, 0.15) is 34.0 Å². The van der Waals surface area contributed by atoms with Gasteiger partial charge in [0.05, 0.1) is 28.3 Å². The molecule has 0 saturated heterocycles. The fourth-order valence-electron chi connectivity index (χ4n) is 3.91. The summed E-state index contributed by atoms with van der Waals surface area (Å²) in [4.78, 5) is 8.29. The summed E-state index contributed by atoms with van der Waals surface area (Å²) in [5.74, 6) is -0.0640. The topological polar surface area (TPSA) is 143 Å². The van der Waals surface area contributed by atoms with Crippen LogP contribution in [-0.4, -0.2) is 32.7 Å². The van der Waals surface area contributed by atoms with Crippen molar-refractivity contribution < 1.29 is 22.1 Å². The van der Waals surface area contributed by atoms with E-state index in [4.69, 9.17) is 14.6 Å². The third-order valence-corrected chi connectivity index (χ3v) is 6.61. The molecule has 1 aliphatic heterocycles. The first kappa shape index (κ1) is 23.6. The quantitative estimate of drug-likeness (QED) is 0.362. The van der Waals surface area contributed by atoms with Crippen LogP contribution < -0.4 is 10.1 Å². The first-order chi connectivity index (χ1) is 17.3. The number of halogens is 1. The molecule has 2 N–H and O–H groups in total. The van der Waals surface area contributed by atoms with E-state index >= 15 is 0 Å². The van der Waals surface area contributed by atoms with Gasteiger partial charge in [-0.15, -0.1) is 0 Å². The number of ether oxygens (including phenoxy) is 1. The molecule has 0 bridgehead atoms. The number of hydrogen-bond acceptors (Lipinski definition) is 8. The number of aromatic nitrogens is 4. The Morgan fingerprint density at radius 2 is 2.03 bits per heavy atom. The Balaban J connectivity index is 1.29. The highest BCUT2D eigenvalue weighted by Gasteiger charge is 2.26. The Morgan fingerprint density at radius 1 is 1.22 bits per heavy atom. The summed E-state index contributed by atoms with van der Waals surface area (Å²) in [6.45, 7) is 0.508. The van der Waals surface area contributed by atoms with Gasteiger partial charge in [-0.05, 0) is 36.2 Å². The molecule has 4 aromatic rings. The van der Waals surface area contributed by atoms with Gasteiger partial charge in [0.1, 0.15) is 12.4 Å². The van der Waals surface area contributed by atoms with Gasteiger partial charge in [0.15, 0.2) is 5.82 Å². The molecule has 3 heterocycles. The standard InChI is InChI=1S/C24H19FN6O4S/c25-20-9-16(11-26)1-4-17(20)14-35-24-27-8-7-22(29-24)31-13-18-12-28-21(23(18)30-31)10-15-2-5-19(6-3-15)36(32,33)34/h1-9,13,21,28H,10,12,14H2,(H,32,33,34). The van der Waals surface area contributed by atoms with Gasteiger partial charge in [0.25, 0.3) is 10.1 Å². The van der Waals surface area contributed by atoms with Gasteiger partial charge in [0.2, 0.25) is 0 Å². The Kier molecular flexibility index (Phi) is 6.19. The normalized spacial score (nSPS) is 14.9. The molecule has 0 fully saturated rings. The number of nitriles is 1. The van der Waals surface area contributed by atoms with Crippen molar-refractivity contribution in [1.82, 2.24) is 25.1 Å². The molecule has 0 spiro atoms. The van der Waals surface area contributed by atoms with Crippen LogP contribution in [0.3, 0.4) is 0 Å². The SMILES string of the molecule is N#Cc1ccc(COc2nccc(-n3cc4c(n3)C(Cc3ccc(S(=O)(=O)O)cc3)NC4)n2)c(F)c1. The average molecular weight is 507 g/mol. The fourth-order valence-corrected chi connectivity index (χ4v) is 4.39. The minimum absolute atomic E-state index is 0.0560. The highest BCUT2D eigenvalue weighted by atomic mass is 32.2. The zero-order valence-corrected chi connectivity index (χ0v) is 19.5. The maximum Gasteiger partial charge on any atom is 0.318 e. The lowest BCUT2D eigenvalue weighted by Crippen LogP contribution is -2.17. The molecule has 1 unspecified atom stereocenters. The molecule has 2 aromatic carbocycles.